The van der Waals surface area contributed by atoms with Gasteiger partial charge in [-0.2, -0.15) is 0 Å². The summed E-state index contributed by atoms with van der Waals surface area (Å²) in [4.78, 5) is 2.46. The van der Waals surface area contributed by atoms with Crippen molar-refractivity contribution in [2.24, 2.45) is 0 Å². The standard InChI is InChI=1S/C15H24N2O/c1-13-7-9-17(11-15(12-18)16-13)10-8-14-5-3-2-4-6-14/h2-6,13,15-16,18H,7-12H2,1H3. The molecule has 0 aliphatic carbocycles. The zero-order chi connectivity index (χ0) is 12.8. The number of hydrogen-bond donors (Lipinski definition) is 2. The van der Waals surface area contributed by atoms with Crippen molar-refractivity contribution in [2.75, 3.05) is 26.2 Å². The number of aliphatic hydroxyl groups excluding tert-OH is 1. The fraction of sp³-hybridized carbons (Fsp3) is 0.600. The van der Waals surface area contributed by atoms with E-state index in [2.05, 4.69) is 47.5 Å². The normalized spacial score (nSPS) is 25.9. The van der Waals surface area contributed by atoms with E-state index in [1.54, 1.807) is 0 Å². The van der Waals surface area contributed by atoms with Gasteiger partial charge in [-0.1, -0.05) is 30.3 Å². The maximum atomic E-state index is 9.35. The molecule has 100 valence electrons. The first-order valence-corrected chi connectivity index (χ1v) is 6.91. The van der Waals surface area contributed by atoms with Gasteiger partial charge in [0.25, 0.3) is 0 Å². The Balaban J connectivity index is 1.84. The molecule has 0 radical (unpaired) electrons. The van der Waals surface area contributed by atoms with Gasteiger partial charge in [0.1, 0.15) is 0 Å². The molecule has 1 saturated heterocycles. The summed E-state index contributed by atoms with van der Waals surface area (Å²) in [6.07, 6.45) is 2.25. The van der Waals surface area contributed by atoms with Crippen LogP contribution in [0.15, 0.2) is 30.3 Å². The zero-order valence-electron chi connectivity index (χ0n) is 11.2. The molecule has 2 N–H and O–H groups in total. The quantitative estimate of drug-likeness (QED) is 0.842. The lowest BCUT2D eigenvalue weighted by molar-refractivity contribution is 0.199. The second kappa shape index (κ2) is 6.88. The summed E-state index contributed by atoms with van der Waals surface area (Å²) < 4.78 is 0. The maximum Gasteiger partial charge on any atom is 0.0597 e. The molecule has 0 amide bonds. The lowest BCUT2D eigenvalue weighted by Crippen LogP contribution is -2.43. The fourth-order valence-corrected chi connectivity index (χ4v) is 2.56. The van der Waals surface area contributed by atoms with Crippen LogP contribution in [0, 0.1) is 0 Å². The third kappa shape index (κ3) is 4.09. The Bertz CT molecular complexity index is 342. The van der Waals surface area contributed by atoms with Gasteiger partial charge in [0.05, 0.1) is 6.61 Å². The highest BCUT2D eigenvalue weighted by atomic mass is 16.3. The lowest BCUT2D eigenvalue weighted by atomic mass is 10.1. The van der Waals surface area contributed by atoms with Crippen LogP contribution in [0.25, 0.3) is 0 Å². The SMILES string of the molecule is CC1CCN(CCc2ccccc2)CC(CO)N1. The van der Waals surface area contributed by atoms with E-state index < -0.39 is 0 Å². The molecule has 1 aromatic rings. The first kappa shape index (κ1) is 13.5. The first-order chi connectivity index (χ1) is 8.78. The van der Waals surface area contributed by atoms with Gasteiger partial charge in [-0.05, 0) is 31.9 Å². The zero-order valence-corrected chi connectivity index (χ0v) is 11.2. The van der Waals surface area contributed by atoms with E-state index in [0.717, 1.165) is 32.5 Å². The summed E-state index contributed by atoms with van der Waals surface area (Å²) in [5, 5.41) is 12.8. The first-order valence-electron chi connectivity index (χ1n) is 6.91. The van der Waals surface area contributed by atoms with Gasteiger partial charge in [0.15, 0.2) is 0 Å². The second-order valence-corrected chi connectivity index (χ2v) is 5.27. The molecular weight excluding hydrogens is 224 g/mol. The molecule has 3 nitrogen and oxygen atoms in total. The summed E-state index contributed by atoms with van der Waals surface area (Å²) in [5.74, 6) is 0. The van der Waals surface area contributed by atoms with Crippen LogP contribution in [-0.4, -0.2) is 48.3 Å². The van der Waals surface area contributed by atoms with Crippen molar-refractivity contribution >= 4 is 0 Å². The molecule has 2 atom stereocenters. The molecule has 1 fully saturated rings. The number of nitrogens with one attached hydrogen (secondary N) is 1. The van der Waals surface area contributed by atoms with E-state index in [1.807, 2.05) is 0 Å². The van der Waals surface area contributed by atoms with E-state index in [0.29, 0.717) is 6.04 Å². The van der Waals surface area contributed by atoms with Crippen LogP contribution >= 0.6 is 0 Å². The molecule has 0 bridgehead atoms. The van der Waals surface area contributed by atoms with E-state index in [-0.39, 0.29) is 12.6 Å². The number of aliphatic hydroxyl groups is 1. The molecule has 3 heteroatoms. The average Bonchev–Trinajstić information content (AvgIpc) is 2.59. The summed E-state index contributed by atoms with van der Waals surface area (Å²) in [6, 6.07) is 11.3. The van der Waals surface area contributed by atoms with Crippen LogP contribution in [0.4, 0.5) is 0 Å². The highest BCUT2D eigenvalue weighted by Crippen LogP contribution is 2.07. The highest BCUT2D eigenvalue weighted by Gasteiger charge is 2.20. The monoisotopic (exact) mass is 248 g/mol. The Morgan fingerprint density at radius 1 is 1.33 bits per heavy atom. The van der Waals surface area contributed by atoms with Crippen LogP contribution in [0.2, 0.25) is 0 Å². The van der Waals surface area contributed by atoms with Crippen molar-refractivity contribution in [1.29, 1.82) is 0 Å². The van der Waals surface area contributed by atoms with Crippen LogP contribution < -0.4 is 5.32 Å². The van der Waals surface area contributed by atoms with Gasteiger partial charge in [-0.15, -0.1) is 0 Å². The number of hydrogen-bond acceptors (Lipinski definition) is 3. The van der Waals surface area contributed by atoms with Crippen molar-refractivity contribution in [3.05, 3.63) is 35.9 Å². The third-order valence-corrected chi connectivity index (χ3v) is 3.66. The maximum absolute atomic E-state index is 9.35. The van der Waals surface area contributed by atoms with Crippen LogP contribution in [-0.2, 0) is 6.42 Å². The van der Waals surface area contributed by atoms with Crippen molar-refractivity contribution < 1.29 is 5.11 Å². The predicted octanol–water partition coefficient (Wildman–Crippen LogP) is 1.27. The van der Waals surface area contributed by atoms with Crippen molar-refractivity contribution in [1.82, 2.24) is 10.2 Å². The fourth-order valence-electron chi connectivity index (χ4n) is 2.56. The Kier molecular flexibility index (Phi) is 5.17. The Hall–Kier alpha value is -0.900. The largest absolute Gasteiger partial charge is 0.395 e. The average molecular weight is 248 g/mol. The summed E-state index contributed by atoms with van der Waals surface area (Å²) in [5.41, 5.74) is 1.39. The van der Waals surface area contributed by atoms with Crippen LogP contribution in [0.1, 0.15) is 18.9 Å². The summed E-state index contributed by atoms with van der Waals surface area (Å²) >= 11 is 0. The van der Waals surface area contributed by atoms with Crippen LogP contribution in [0.5, 0.6) is 0 Å². The van der Waals surface area contributed by atoms with Crippen molar-refractivity contribution in [3.63, 3.8) is 0 Å². The Morgan fingerprint density at radius 2 is 2.11 bits per heavy atom. The number of nitrogens with zero attached hydrogens (tertiary/aromatic N) is 1. The van der Waals surface area contributed by atoms with Crippen LogP contribution in [0.3, 0.4) is 0 Å². The minimum Gasteiger partial charge on any atom is -0.395 e. The molecule has 1 aromatic carbocycles. The minimum atomic E-state index is 0.221. The summed E-state index contributed by atoms with van der Waals surface area (Å²) in [6.45, 7) is 5.58. The Morgan fingerprint density at radius 3 is 2.83 bits per heavy atom. The molecule has 2 unspecified atom stereocenters. The number of benzene rings is 1. The Labute approximate surface area is 110 Å². The molecule has 0 spiro atoms. The third-order valence-electron chi connectivity index (χ3n) is 3.66. The molecule has 1 aliphatic heterocycles. The summed E-state index contributed by atoms with van der Waals surface area (Å²) in [7, 11) is 0. The molecule has 1 aliphatic rings. The van der Waals surface area contributed by atoms with Crippen molar-refractivity contribution in [2.45, 2.75) is 31.8 Å². The van der Waals surface area contributed by atoms with E-state index in [9.17, 15) is 5.11 Å². The van der Waals surface area contributed by atoms with E-state index in [1.165, 1.54) is 5.56 Å². The highest BCUT2D eigenvalue weighted by molar-refractivity contribution is 5.14. The molecule has 2 rings (SSSR count). The van der Waals surface area contributed by atoms with E-state index in [4.69, 9.17) is 0 Å². The van der Waals surface area contributed by atoms with Gasteiger partial charge in [-0.25, -0.2) is 0 Å². The topological polar surface area (TPSA) is 35.5 Å². The smallest absolute Gasteiger partial charge is 0.0597 e. The minimum absolute atomic E-state index is 0.221. The molecule has 18 heavy (non-hydrogen) atoms. The van der Waals surface area contributed by atoms with Gasteiger partial charge in [0, 0.05) is 25.2 Å². The molecular formula is C15H24N2O. The van der Waals surface area contributed by atoms with Crippen molar-refractivity contribution in [3.8, 4) is 0 Å². The second-order valence-electron chi connectivity index (χ2n) is 5.27. The van der Waals surface area contributed by atoms with Gasteiger partial charge < -0.3 is 15.3 Å². The van der Waals surface area contributed by atoms with E-state index >= 15 is 0 Å². The lowest BCUT2D eigenvalue weighted by Gasteiger charge is -2.23. The van der Waals surface area contributed by atoms with Gasteiger partial charge in [-0.3, -0.25) is 0 Å². The van der Waals surface area contributed by atoms with Gasteiger partial charge >= 0.3 is 0 Å². The molecule has 0 saturated carbocycles. The molecule has 0 aromatic heterocycles. The number of rotatable bonds is 4. The van der Waals surface area contributed by atoms with Gasteiger partial charge in [0.2, 0.25) is 0 Å². The predicted molar refractivity (Wildman–Crippen MR) is 74.7 cm³/mol. The molecule has 1 heterocycles.